The average molecular weight is 288 g/mol. The first-order chi connectivity index (χ1) is 9.29. The van der Waals surface area contributed by atoms with Gasteiger partial charge in [0.15, 0.2) is 0 Å². The van der Waals surface area contributed by atoms with Gasteiger partial charge in [0.1, 0.15) is 0 Å². The summed E-state index contributed by atoms with van der Waals surface area (Å²) in [6.07, 6.45) is 0. The van der Waals surface area contributed by atoms with Gasteiger partial charge in [-0.2, -0.15) is 0 Å². The maximum Gasteiger partial charge on any atom is 0.319 e. The highest BCUT2D eigenvalue weighted by Crippen LogP contribution is 2.00. The van der Waals surface area contributed by atoms with Crippen LogP contribution in [-0.2, 0) is 23.9 Å². The SMILES string of the molecule is COC(=O)CN(CC(=O)NC(C)C(C)C)CC(=O)OC. The van der Waals surface area contributed by atoms with Gasteiger partial charge >= 0.3 is 11.9 Å². The molecule has 0 spiro atoms. The Hall–Kier alpha value is -1.63. The van der Waals surface area contributed by atoms with Crippen LogP contribution >= 0.6 is 0 Å². The predicted octanol–water partition coefficient (Wildman–Crippen LogP) is -0.205. The number of rotatable bonds is 8. The van der Waals surface area contributed by atoms with Gasteiger partial charge in [-0.1, -0.05) is 13.8 Å². The smallest absolute Gasteiger partial charge is 0.319 e. The van der Waals surface area contributed by atoms with Crippen molar-refractivity contribution in [2.24, 2.45) is 5.92 Å². The van der Waals surface area contributed by atoms with E-state index >= 15 is 0 Å². The zero-order valence-corrected chi connectivity index (χ0v) is 12.8. The molecule has 0 aliphatic heterocycles. The van der Waals surface area contributed by atoms with Crippen molar-refractivity contribution in [1.82, 2.24) is 10.2 Å². The Bertz CT molecular complexity index is 326. The highest BCUT2D eigenvalue weighted by atomic mass is 16.5. The monoisotopic (exact) mass is 288 g/mol. The Morgan fingerprint density at radius 1 is 0.950 bits per heavy atom. The lowest BCUT2D eigenvalue weighted by Crippen LogP contribution is -2.46. The van der Waals surface area contributed by atoms with Crippen molar-refractivity contribution in [2.45, 2.75) is 26.8 Å². The van der Waals surface area contributed by atoms with Crippen LogP contribution in [0, 0.1) is 5.92 Å². The quantitative estimate of drug-likeness (QED) is 0.622. The topological polar surface area (TPSA) is 84.9 Å². The third-order valence-corrected chi connectivity index (χ3v) is 2.92. The molecule has 1 unspecified atom stereocenters. The minimum Gasteiger partial charge on any atom is -0.468 e. The van der Waals surface area contributed by atoms with Crippen LogP contribution in [0.15, 0.2) is 0 Å². The number of carbonyl (C=O) groups excluding carboxylic acids is 3. The molecule has 0 aliphatic rings. The molecule has 0 aromatic carbocycles. The third-order valence-electron chi connectivity index (χ3n) is 2.92. The average Bonchev–Trinajstić information content (AvgIpc) is 2.37. The molecule has 7 nitrogen and oxygen atoms in total. The fraction of sp³-hybridized carbons (Fsp3) is 0.769. The van der Waals surface area contributed by atoms with Gasteiger partial charge in [-0.3, -0.25) is 19.3 Å². The fourth-order valence-electron chi connectivity index (χ4n) is 1.33. The Labute approximate surface area is 119 Å². The van der Waals surface area contributed by atoms with Crippen LogP contribution in [0.3, 0.4) is 0 Å². The molecule has 0 saturated heterocycles. The number of hydrogen-bond donors (Lipinski definition) is 1. The lowest BCUT2D eigenvalue weighted by atomic mass is 10.1. The molecule has 0 aromatic heterocycles. The standard InChI is InChI=1S/C13H24N2O5/c1-9(2)10(3)14-11(16)6-15(7-12(17)19-4)8-13(18)20-5/h9-10H,6-8H2,1-5H3,(H,14,16). The van der Waals surface area contributed by atoms with E-state index in [4.69, 9.17) is 0 Å². The highest BCUT2D eigenvalue weighted by molar-refractivity contribution is 5.81. The summed E-state index contributed by atoms with van der Waals surface area (Å²) < 4.78 is 9.06. The van der Waals surface area contributed by atoms with Crippen molar-refractivity contribution < 1.29 is 23.9 Å². The van der Waals surface area contributed by atoms with Crippen molar-refractivity contribution >= 4 is 17.8 Å². The zero-order chi connectivity index (χ0) is 15.7. The molecule has 1 N–H and O–H groups in total. The van der Waals surface area contributed by atoms with E-state index in [1.807, 2.05) is 20.8 Å². The van der Waals surface area contributed by atoms with Crippen LogP contribution in [0.1, 0.15) is 20.8 Å². The zero-order valence-electron chi connectivity index (χ0n) is 12.8. The number of nitrogens with zero attached hydrogens (tertiary/aromatic N) is 1. The van der Waals surface area contributed by atoms with E-state index in [0.29, 0.717) is 5.92 Å². The second-order valence-corrected chi connectivity index (χ2v) is 4.90. The molecule has 0 aliphatic carbocycles. The molecule has 0 bridgehead atoms. The summed E-state index contributed by atoms with van der Waals surface area (Å²) >= 11 is 0. The first kappa shape index (κ1) is 18.4. The van der Waals surface area contributed by atoms with Gasteiger partial charge in [-0.25, -0.2) is 0 Å². The lowest BCUT2D eigenvalue weighted by molar-refractivity contribution is -0.146. The lowest BCUT2D eigenvalue weighted by Gasteiger charge is -2.22. The molecule has 7 heteroatoms. The van der Waals surface area contributed by atoms with Gasteiger partial charge < -0.3 is 14.8 Å². The van der Waals surface area contributed by atoms with Gasteiger partial charge in [-0.05, 0) is 12.8 Å². The maximum absolute atomic E-state index is 11.9. The minimum atomic E-state index is -0.515. The first-order valence-electron chi connectivity index (χ1n) is 6.45. The normalized spacial score (nSPS) is 12.2. The van der Waals surface area contributed by atoms with E-state index in [2.05, 4.69) is 14.8 Å². The molecule has 1 amide bonds. The number of esters is 2. The summed E-state index contributed by atoms with van der Waals surface area (Å²) in [6, 6.07) is 0.0144. The largest absolute Gasteiger partial charge is 0.468 e. The van der Waals surface area contributed by atoms with Crippen LogP contribution in [-0.4, -0.2) is 62.6 Å². The minimum absolute atomic E-state index is 0.0144. The molecule has 0 aromatic rings. The van der Waals surface area contributed by atoms with Crippen LogP contribution in [0.4, 0.5) is 0 Å². The Balaban J connectivity index is 4.50. The molecule has 0 rings (SSSR count). The van der Waals surface area contributed by atoms with Crippen molar-refractivity contribution in [1.29, 1.82) is 0 Å². The molecule has 0 saturated carbocycles. The summed E-state index contributed by atoms with van der Waals surface area (Å²) in [5, 5.41) is 2.81. The van der Waals surface area contributed by atoms with Crippen molar-refractivity contribution in [3.63, 3.8) is 0 Å². The molecular weight excluding hydrogens is 264 g/mol. The van der Waals surface area contributed by atoms with Gasteiger partial charge in [0.2, 0.25) is 5.91 Å². The second-order valence-electron chi connectivity index (χ2n) is 4.90. The van der Waals surface area contributed by atoms with E-state index in [-0.39, 0.29) is 31.6 Å². The Morgan fingerprint density at radius 3 is 1.75 bits per heavy atom. The Morgan fingerprint density at radius 2 is 1.40 bits per heavy atom. The van der Waals surface area contributed by atoms with E-state index in [1.165, 1.54) is 19.1 Å². The van der Waals surface area contributed by atoms with Crippen LogP contribution in [0.5, 0.6) is 0 Å². The van der Waals surface area contributed by atoms with Gasteiger partial charge in [0.25, 0.3) is 0 Å². The van der Waals surface area contributed by atoms with Gasteiger partial charge in [0, 0.05) is 6.04 Å². The Kier molecular flexibility index (Phi) is 8.54. The fourth-order valence-corrected chi connectivity index (χ4v) is 1.33. The molecular formula is C13H24N2O5. The summed E-state index contributed by atoms with van der Waals surface area (Å²) in [5.74, 6) is -0.982. The summed E-state index contributed by atoms with van der Waals surface area (Å²) in [6.45, 7) is 5.52. The molecule has 0 fully saturated rings. The second kappa shape index (κ2) is 9.30. The van der Waals surface area contributed by atoms with Gasteiger partial charge in [-0.15, -0.1) is 0 Å². The number of hydrogen-bond acceptors (Lipinski definition) is 6. The van der Waals surface area contributed by atoms with Crippen LogP contribution in [0.25, 0.3) is 0 Å². The van der Waals surface area contributed by atoms with Crippen LogP contribution in [0.2, 0.25) is 0 Å². The number of nitrogens with one attached hydrogen (secondary N) is 1. The molecule has 0 heterocycles. The summed E-state index contributed by atoms with van der Waals surface area (Å²) in [4.78, 5) is 35.7. The van der Waals surface area contributed by atoms with Crippen LogP contribution < -0.4 is 5.32 Å². The van der Waals surface area contributed by atoms with Gasteiger partial charge in [0.05, 0.1) is 33.9 Å². The summed E-state index contributed by atoms with van der Waals surface area (Å²) in [5.41, 5.74) is 0. The number of amides is 1. The molecule has 0 radical (unpaired) electrons. The summed E-state index contributed by atoms with van der Waals surface area (Å²) in [7, 11) is 2.50. The van der Waals surface area contributed by atoms with Crippen molar-refractivity contribution in [2.75, 3.05) is 33.9 Å². The van der Waals surface area contributed by atoms with E-state index in [0.717, 1.165) is 0 Å². The maximum atomic E-state index is 11.9. The third kappa shape index (κ3) is 7.73. The van der Waals surface area contributed by atoms with E-state index in [9.17, 15) is 14.4 Å². The molecule has 116 valence electrons. The van der Waals surface area contributed by atoms with E-state index in [1.54, 1.807) is 0 Å². The van der Waals surface area contributed by atoms with Crippen molar-refractivity contribution in [3.05, 3.63) is 0 Å². The van der Waals surface area contributed by atoms with Crippen molar-refractivity contribution in [3.8, 4) is 0 Å². The number of carbonyl (C=O) groups is 3. The van der Waals surface area contributed by atoms with E-state index < -0.39 is 11.9 Å². The predicted molar refractivity (Wildman–Crippen MR) is 72.9 cm³/mol. The number of methoxy groups -OCH3 is 2. The molecule has 1 atom stereocenters. The highest BCUT2D eigenvalue weighted by Gasteiger charge is 2.19. The molecule has 20 heavy (non-hydrogen) atoms. The number of ether oxygens (including phenoxy) is 2. The first-order valence-corrected chi connectivity index (χ1v) is 6.45.